The number of halogens is 1. The third-order valence-corrected chi connectivity index (χ3v) is 4.44. The molecule has 1 aliphatic carbocycles. The molecule has 0 radical (unpaired) electrons. The molecule has 16 heavy (non-hydrogen) atoms. The van der Waals surface area contributed by atoms with Crippen LogP contribution in [-0.4, -0.2) is 5.54 Å². The Morgan fingerprint density at radius 1 is 1.31 bits per heavy atom. The van der Waals surface area contributed by atoms with Gasteiger partial charge >= 0.3 is 0 Å². The zero-order chi connectivity index (χ0) is 11.2. The van der Waals surface area contributed by atoms with Crippen LogP contribution in [0.15, 0.2) is 18.2 Å². The van der Waals surface area contributed by atoms with Crippen molar-refractivity contribution < 1.29 is 0 Å². The fourth-order valence-electron chi connectivity index (χ4n) is 3.47. The molecule has 1 atom stereocenters. The Hall–Kier alpha value is -0.690. The van der Waals surface area contributed by atoms with Gasteiger partial charge in [-0.25, -0.2) is 0 Å². The summed E-state index contributed by atoms with van der Waals surface area (Å²) in [5.41, 5.74) is 3.09. The molecule has 1 spiro atoms. The predicted octanol–water partition coefficient (Wildman–Crippen LogP) is 4.57. The summed E-state index contributed by atoms with van der Waals surface area (Å²) in [4.78, 5) is 0. The fraction of sp³-hybridized carbons (Fsp3) is 0.571. The van der Waals surface area contributed by atoms with E-state index >= 15 is 0 Å². The van der Waals surface area contributed by atoms with Gasteiger partial charge in [-0.1, -0.05) is 31.4 Å². The Bertz CT molecular complexity index is 407. The highest BCUT2D eigenvalue weighted by molar-refractivity contribution is 6.30. The van der Waals surface area contributed by atoms with E-state index in [2.05, 4.69) is 24.4 Å². The lowest BCUT2D eigenvalue weighted by Crippen LogP contribution is -2.40. The van der Waals surface area contributed by atoms with E-state index in [4.69, 9.17) is 11.6 Å². The molecule has 1 aromatic carbocycles. The Balaban J connectivity index is 1.99. The number of benzene rings is 1. The second-order valence-corrected chi connectivity index (χ2v) is 5.89. The molecule has 2 heteroatoms. The van der Waals surface area contributed by atoms with Gasteiger partial charge in [0.15, 0.2) is 0 Å². The maximum absolute atomic E-state index is 6.07. The molecule has 0 aromatic heterocycles. The second kappa shape index (κ2) is 3.66. The molecule has 1 nitrogen and oxygen atoms in total. The molecule has 86 valence electrons. The fourth-order valence-corrected chi connectivity index (χ4v) is 3.65. The maximum atomic E-state index is 6.07. The minimum atomic E-state index is 0.389. The Labute approximate surface area is 102 Å². The van der Waals surface area contributed by atoms with Crippen LogP contribution in [0.5, 0.6) is 0 Å². The average molecular weight is 236 g/mol. The first-order valence-electron chi connectivity index (χ1n) is 6.26. The SMILES string of the molecule is CC1CC2(CCCC2)Nc2ccc(Cl)cc21. The minimum Gasteiger partial charge on any atom is -0.379 e. The van der Waals surface area contributed by atoms with E-state index in [1.54, 1.807) is 0 Å². The third kappa shape index (κ3) is 1.62. The zero-order valence-corrected chi connectivity index (χ0v) is 10.5. The van der Waals surface area contributed by atoms with Gasteiger partial charge in [-0.05, 0) is 48.9 Å². The van der Waals surface area contributed by atoms with Crippen molar-refractivity contribution in [1.29, 1.82) is 0 Å². The second-order valence-electron chi connectivity index (χ2n) is 5.45. The van der Waals surface area contributed by atoms with Gasteiger partial charge in [0.1, 0.15) is 0 Å². The van der Waals surface area contributed by atoms with Crippen molar-refractivity contribution in [3.8, 4) is 0 Å². The lowest BCUT2D eigenvalue weighted by atomic mass is 9.79. The summed E-state index contributed by atoms with van der Waals surface area (Å²) in [5, 5.41) is 4.63. The summed E-state index contributed by atoms with van der Waals surface area (Å²) < 4.78 is 0. The standard InChI is InChI=1S/C14H18ClN/c1-10-9-14(6-2-3-7-14)16-13-5-4-11(15)8-12(10)13/h4-5,8,10,16H,2-3,6-7,9H2,1H3. The molecular weight excluding hydrogens is 218 g/mol. The average Bonchev–Trinajstić information content (AvgIpc) is 2.68. The van der Waals surface area contributed by atoms with Crippen LogP contribution in [0.25, 0.3) is 0 Å². The van der Waals surface area contributed by atoms with Gasteiger partial charge in [-0.15, -0.1) is 0 Å². The molecule has 1 N–H and O–H groups in total. The summed E-state index contributed by atoms with van der Waals surface area (Å²) in [7, 11) is 0. The lowest BCUT2D eigenvalue weighted by molar-refractivity contribution is 0.396. The van der Waals surface area contributed by atoms with Crippen LogP contribution >= 0.6 is 11.6 Å². The van der Waals surface area contributed by atoms with Crippen molar-refractivity contribution in [3.05, 3.63) is 28.8 Å². The monoisotopic (exact) mass is 235 g/mol. The van der Waals surface area contributed by atoms with E-state index in [-0.39, 0.29) is 0 Å². The molecule has 1 saturated carbocycles. The molecule has 0 amide bonds. The van der Waals surface area contributed by atoms with Gasteiger partial charge < -0.3 is 5.32 Å². The van der Waals surface area contributed by atoms with Crippen molar-refractivity contribution in [1.82, 2.24) is 0 Å². The topological polar surface area (TPSA) is 12.0 Å². The van der Waals surface area contributed by atoms with Crippen LogP contribution < -0.4 is 5.32 Å². The molecule has 1 aromatic rings. The van der Waals surface area contributed by atoms with Crippen molar-refractivity contribution in [2.24, 2.45) is 0 Å². The normalized spacial score (nSPS) is 26.5. The summed E-state index contributed by atoms with van der Waals surface area (Å²) >= 11 is 6.07. The molecule has 3 rings (SSSR count). The van der Waals surface area contributed by atoms with Gasteiger partial charge in [0, 0.05) is 16.2 Å². The van der Waals surface area contributed by atoms with Gasteiger partial charge in [-0.2, -0.15) is 0 Å². The smallest absolute Gasteiger partial charge is 0.0410 e. The summed E-state index contributed by atoms with van der Waals surface area (Å²) in [6.45, 7) is 2.33. The van der Waals surface area contributed by atoms with Crippen LogP contribution in [-0.2, 0) is 0 Å². The van der Waals surface area contributed by atoms with E-state index in [1.807, 2.05) is 6.07 Å². The largest absolute Gasteiger partial charge is 0.379 e. The van der Waals surface area contributed by atoms with Crippen molar-refractivity contribution in [2.75, 3.05) is 5.32 Å². The highest BCUT2D eigenvalue weighted by atomic mass is 35.5. The Kier molecular flexibility index (Phi) is 2.39. The van der Waals surface area contributed by atoms with Crippen molar-refractivity contribution in [2.45, 2.75) is 50.5 Å². The number of anilines is 1. The molecule has 0 saturated heterocycles. The number of hydrogen-bond acceptors (Lipinski definition) is 1. The van der Waals surface area contributed by atoms with Crippen LogP contribution in [0.3, 0.4) is 0 Å². The van der Waals surface area contributed by atoms with Crippen molar-refractivity contribution >= 4 is 17.3 Å². The van der Waals surface area contributed by atoms with Gasteiger partial charge in [0.2, 0.25) is 0 Å². The van der Waals surface area contributed by atoms with Gasteiger partial charge in [-0.3, -0.25) is 0 Å². The molecular formula is C14H18ClN. The first-order chi connectivity index (χ1) is 7.69. The van der Waals surface area contributed by atoms with Crippen LogP contribution in [0.1, 0.15) is 50.5 Å². The van der Waals surface area contributed by atoms with E-state index < -0.39 is 0 Å². The number of hydrogen-bond donors (Lipinski definition) is 1. The molecule has 1 aliphatic heterocycles. The highest BCUT2D eigenvalue weighted by Gasteiger charge is 2.39. The molecule has 2 aliphatic rings. The van der Waals surface area contributed by atoms with Crippen LogP contribution in [0.4, 0.5) is 5.69 Å². The first-order valence-corrected chi connectivity index (χ1v) is 6.64. The van der Waals surface area contributed by atoms with Gasteiger partial charge in [0.05, 0.1) is 0 Å². The third-order valence-electron chi connectivity index (χ3n) is 4.20. The maximum Gasteiger partial charge on any atom is 0.0410 e. The van der Waals surface area contributed by atoms with Crippen molar-refractivity contribution in [3.63, 3.8) is 0 Å². The number of nitrogens with one attached hydrogen (secondary N) is 1. The van der Waals surface area contributed by atoms with E-state index in [0.717, 1.165) is 5.02 Å². The molecule has 1 unspecified atom stereocenters. The highest BCUT2D eigenvalue weighted by Crippen LogP contribution is 2.46. The van der Waals surface area contributed by atoms with E-state index in [9.17, 15) is 0 Å². The number of rotatable bonds is 0. The quantitative estimate of drug-likeness (QED) is 0.695. The molecule has 1 fully saturated rings. The minimum absolute atomic E-state index is 0.389. The Morgan fingerprint density at radius 3 is 2.81 bits per heavy atom. The Morgan fingerprint density at radius 2 is 2.06 bits per heavy atom. The molecule has 0 bridgehead atoms. The summed E-state index contributed by atoms with van der Waals surface area (Å²) in [6.07, 6.45) is 6.68. The van der Waals surface area contributed by atoms with E-state index in [1.165, 1.54) is 43.4 Å². The summed E-state index contributed by atoms with van der Waals surface area (Å²) in [5.74, 6) is 0.632. The molecule has 1 heterocycles. The zero-order valence-electron chi connectivity index (χ0n) is 9.72. The van der Waals surface area contributed by atoms with Crippen LogP contribution in [0, 0.1) is 0 Å². The first kappa shape index (κ1) is 10.5. The lowest BCUT2D eigenvalue weighted by Gasteiger charge is -2.40. The van der Waals surface area contributed by atoms with Crippen LogP contribution in [0.2, 0.25) is 5.02 Å². The number of fused-ring (bicyclic) bond motifs is 1. The summed E-state index contributed by atoms with van der Waals surface area (Å²) in [6, 6.07) is 6.26. The van der Waals surface area contributed by atoms with Gasteiger partial charge in [0.25, 0.3) is 0 Å². The van der Waals surface area contributed by atoms with E-state index in [0.29, 0.717) is 11.5 Å². The predicted molar refractivity (Wildman–Crippen MR) is 69.3 cm³/mol.